The predicted molar refractivity (Wildman–Crippen MR) is 145 cm³/mol. The van der Waals surface area contributed by atoms with E-state index in [1.807, 2.05) is 0 Å². The SMILES string of the molecule is CCOC(=O)CCO.CCOC(=O)CCO.CCOC(=O)CCO.CCOC(=O)CCO.CCOC(=O)CCO.O. The Kier molecular flexibility index (Phi) is 58.3. The molecule has 41 heavy (non-hydrogen) atoms. The van der Waals surface area contributed by atoms with Gasteiger partial charge in [0.25, 0.3) is 0 Å². The first-order valence-electron chi connectivity index (χ1n) is 12.9. The van der Waals surface area contributed by atoms with Crippen molar-refractivity contribution in [2.45, 2.75) is 66.7 Å². The molecule has 0 atom stereocenters. The average Bonchev–Trinajstić information content (AvgIpc) is 2.87. The van der Waals surface area contributed by atoms with Crippen LogP contribution in [-0.2, 0) is 47.7 Å². The fourth-order valence-corrected chi connectivity index (χ4v) is 1.62. The first-order chi connectivity index (χ1) is 19.0. The molecule has 0 aromatic carbocycles. The number of aliphatic hydroxyl groups is 5. The van der Waals surface area contributed by atoms with Crippen LogP contribution in [0.15, 0.2) is 0 Å². The van der Waals surface area contributed by atoms with Gasteiger partial charge in [-0.25, -0.2) is 0 Å². The first kappa shape index (κ1) is 50.9. The molecule has 0 unspecified atom stereocenters. The summed E-state index contributed by atoms with van der Waals surface area (Å²) in [7, 11) is 0. The fourth-order valence-electron chi connectivity index (χ4n) is 1.62. The number of aliphatic hydroxyl groups excluding tert-OH is 5. The van der Waals surface area contributed by atoms with Crippen molar-refractivity contribution in [3.63, 3.8) is 0 Å². The molecule has 0 radical (unpaired) electrons. The van der Waals surface area contributed by atoms with E-state index in [1.165, 1.54) is 0 Å². The first-order valence-corrected chi connectivity index (χ1v) is 12.9. The highest BCUT2D eigenvalue weighted by molar-refractivity contribution is 5.70. The standard InChI is InChI=1S/5C5H10O3.H2O/c5*1-2-8-5(7)3-4-6;/h5*6H,2-4H2,1H3;1H2. The lowest BCUT2D eigenvalue weighted by Crippen LogP contribution is -2.05. The molecular formula is C25H52O16. The van der Waals surface area contributed by atoms with E-state index in [2.05, 4.69) is 23.7 Å². The molecule has 16 heteroatoms. The van der Waals surface area contributed by atoms with E-state index >= 15 is 0 Å². The molecule has 0 aromatic rings. The minimum atomic E-state index is -0.338. The van der Waals surface area contributed by atoms with Gasteiger partial charge >= 0.3 is 29.8 Å². The minimum absolute atomic E-state index is 0. The molecule has 0 heterocycles. The van der Waals surface area contributed by atoms with Gasteiger partial charge in [-0.05, 0) is 34.6 Å². The van der Waals surface area contributed by atoms with Crippen LogP contribution in [0.1, 0.15) is 66.7 Å². The third-order valence-electron chi connectivity index (χ3n) is 3.11. The van der Waals surface area contributed by atoms with Gasteiger partial charge in [0.2, 0.25) is 0 Å². The summed E-state index contributed by atoms with van der Waals surface area (Å²) in [5, 5.41) is 40.8. The van der Waals surface area contributed by atoms with Crippen LogP contribution in [0.25, 0.3) is 0 Å². The third kappa shape index (κ3) is 62.2. The molecule has 0 saturated carbocycles. The van der Waals surface area contributed by atoms with Gasteiger partial charge in [-0.15, -0.1) is 0 Å². The molecule has 0 amide bonds. The number of rotatable bonds is 15. The lowest BCUT2D eigenvalue weighted by molar-refractivity contribution is -0.144. The number of carbonyl (C=O) groups excluding carboxylic acids is 5. The van der Waals surface area contributed by atoms with Crippen LogP contribution in [0.4, 0.5) is 0 Å². The summed E-state index contributed by atoms with van der Waals surface area (Å²) in [4.78, 5) is 51.3. The lowest BCUT2D eigenvalue weighted by atomic mass is 10.5. The van der Waals surface area contributed by atoms with Crippen molar-refractivity contribution in [3.05, 3.63) is 0 Å². The van der Waals surface area contributed by atoms with Crippen molar-refractivity contribution >= 4 is 29.8 Å². The van der Waals surface area contributed by atoms with Crippen molar-refractivity contribution in [2.75, 3.05) is 66.1 Å². The molecule has 7 N–H and O–H groups in total. The monoisotopic (exact) mass is 608 g/mol. The number of esters is 5. The second-order valence-corrected chi connectivity index (χ2v) is 6.39. The second kappa shape index (κ2) is 46.9. The van der Waals surface area contributed by atoms with Crippen LogP contribution < -0.4 is 0 Å². The summed E-state index contributed by atoms with van der Waals surface area (Å²) in [6, 6.07) is 0. The van der Waals surface area contributed by atoms with Crippen LogP contribution in [0.3, 0.4) is 0 Å². The topological polar surface area (TPSA) is 264 Å². The van der Waals surface area contributed by atoms with E-state index in [9.17, 15) is 24.0 Å². The Balaban J connectivity index is -0.0000000928. The Morgan fingerprint density at radius 2 is 0.488 bits per heavy atom. The van der Waals surface area contributed by atoms with Crippen molar-refractivity contribution in [1.29, 1.82) is 0 Å². The third-order valence-corrected chi connectivity index (χ3v) is 3.11. The second-order valence-electron chi connectivity index (χ2n) is 6.39. The zero-order valence-electron chi connectivity index (χ0n) is 24.9. The molecule has 0 bridgehead atoms. The number of hydrogen-bond donors (Lipinski definition) is 5. The Hall–Kier alpha value is -2.89. The Morgan fingerprint density at radius 1 is 0.366 bits per heavy atom. The summed E-state index contributed by atoms with van der Waals surface area (Å²) in [5.41, 5.74) is 0. The summed E-state index contributed by atoms with van der Waals surface area (Å²) in [5.74, 6) is -1.69. The summed E-state index contributed by atoms with van der Waals surface area (Å²) >= 11 is 0. The van der Waals surface area contributed by atoms with E-state index in [1.54, 1.807) is 34.6 Å². The maximum atomic E-state index is 10.3. The van der Waals surface area contributed by atoms with Gasteiger partial charge in [0.05, 0.1) is 98.2 Å². The number of carbonyl (C=O) groups is 5. The van der Waals surface area contributed by atoms with Gasteiger partial charge in [-0.2, -0.15) is 0 Å². The average molecular weight is 609 g/mol. The van der Waals surface area contributed by atoms with Gasteiger partial charge in [0.1, 0.15) is 0 Å². The molecule has 16 nitrogen and oxygen atoms in total. The van der Waals surface area contributed by atoms with Crippen molar-refractivity contribution < 1.29 is 78.7 Å². The van der Waals surface area contributed by atoms with Gasteiger partial charge in [0.15, 0.2) is 0 Å². The normalized spacial score (nSPS) is 8.54. The van der Waals surface area contributed by atoms with Crippen molar-refractivity contribution in [1.82, 2.24) is 0 Å². The summed E-state index contributed by atoms with van der Waals surface area (Å²) in [6.07, 6.45) is 0.525. The van der Waals surface area contributed by atoms with Crippen LogP contribution in [-0.4, -0.2) is 127 Å². The maximum absolute atomic E-state index is 10.3. The smallest absolute Gasteiger partial charge is 0.308 e. The molecule has 0 aliphatic heterocycles. The molecule has 248 valence electrons. The molecule has 0 aliphatic rings. The quantitative estimate of drug-likeness (QED) is 0.108. The van der Waals surface area contributed by atoms with Crippen molar-refractivity contribution in [2.24, 2.45) is 0 Å². The van der Waals surface area contributed by atoms with E-state index in [0.29, 0.717) is 33.0 Å². The van der Waals surface area contributed by atoms with Gasteiger partial charge < -0.3 is 54.7 Å². The molecule has 0 fully saturated rings. The highest BCUT2D eigenvalue weighted by Gasteiger charge is 1.98. The predicted octanol–water partition coefficient (Wildman–Crippen LogP) is -1.17. The van der Waals surface area contributed by atoms with Crippen molar-refractivity contribution in [3.8, 4) is 0 Å². The number of ether oxygens (including phenoxy) is 5. The van der Waals surface area contributed by atoms with Crippen LogP contribution in [0, 0.1) is 0 Å². The zero-order chi connectivity index (χ0) is 32.0. The van der Waals surface area contributed by atoms with Gasteiger partial charge in [-0.1, -0.05) is 0 Å². The van der Waals surface area contributed by atoms with E-state index in [-0.39, 0.29) is 100 Å². The molecule has 0 saturated heterocycles. The highest BCUT2D eigenvalue weighted by Crippen LogP contribution is 1.84. The van der Waals surface area contributed by atoms with E-state index in [0.717, 1.165) is 0 Å². The van der Waals surface area contributed by atoms with Crippen LogP contribution >= 0.6 is 0 Å². The van der Waals surface area contributed by atoms with E-state index in [4.69, 9.17) is 25.5 Å². The lowest BCUT2D eigenvalue weighted by Gasteiger charge is -1.96. The van der Waals surface area contributed by atoms with Crippen LogP contribution in [0.5, 0.6) is 0 Å². The molecular weight excluding hydrogens is 556 g/mol. The molecule has 0 aliphatic carbocycles. The molecule has 0 rings (SSSR count). The van der Waals surface area contributed by atoms with Crippen LogP contribution in [0.2, 0.25) is 0 Å². The molecule has 0 aromatic heterocycles. The summed E-state index contributed by atoms with van der Waals surface area (Å²) < 4.78 is 22.4. The van der Waals surface area contributed by atoms with Gasteiger partial charge in [0, 0.05) is 0 Å². The zero-order valence-corrected chi connectivity index (χ0v) is 24.9. The van der Waals surface area contributed by atoms with Gasteiger partial charge in [-0.3, -0.25) is 24.0 Å². The Labute approximate surface area is 241 Å². The van der Waals surface area contributed by atoms with E-state index < -0.39 is 0 Å². The fraction of sp³-hybridized carbons (Fsp3) is 0.800. The number of hydrogen-bond acceptors (Lipinski definition) is 15. The Bertz CT molecular complexity index is 428. The largest absolute Gasteiger partial charge is 0.466 e. The summed E-state index contributed by atoms with van der Waals surface area (Å²) in [6.45, 7) is 9.96. The Morgan fingerprint density at radius 3 is 0.561 bits per heavy atom. The maximum Gasteiger partial charge on any atom is 0.308 e. The minimum Gasteiger partial charge on any atom is -0.466 e. The highest BCUT2D eigenvalue weighted by atomic mass is 16.5. The molecule has 0 spiro atoms.